The molecule has 1 heterocycles. The Labute approximate surface area is 96.2 Å². The summed E-state index contributed by atoms with van der Waals surface area (Å²) in [6, 6.07) is 5.26. The minimum absolute atomic E-state index is 0.0305. The minimum Gasteiger partial charge on any atom is -0.368 e. The number of nitrogens with zero attached hydrogens (tertiary/aromatic N) is 1. The average molecular weight is 222 g/mol. The van der Waals surface area contributed by atoms with Gasteiger partial charge in [0.05, 0.1) is 0 Å². The van der Waals surface area contributed by atoms with E-state index in [1.54, 1.807) is 6.07 Å². The number of hydrogen-bond acceptors (Lipinski definition) is 2. The second kappa shape index (κ2) is 3.74. The van der Waals surface area contributed by atoms with Crippen LogP contribution in [0.4, 0.5) is 10.1 Å². The van der Waals surface area contributed by atoms with E-state index in [4.69, 9.17) is 5.73 Å². The first kappa shape index (κ1) is 11.4. The van der Waals surface area contributed by atoms with Gasteiger partial charge in [-0.05, 0) is 23.1 Å². The fourth-order valence-electron chi connectivity index (χ4n) is 2.11. The molecule has 16 heavy (non-hydrogen) atoms. The third kappa shape index (κ3) is 2.05. The van der Waals surface area contributed by atoms with E-state index in [-0.39, 0.29) is 17.3 Å². The highest BCUT2D eigenvalue weighted by molar-refractivity contribution is 5.58. The lowest BCUT2D eigenvalue weighted by molar-refractivity contribution is 0.505. The summed E-state index contributed by atoms with van der Waals surface area (Å²) in [6.45, 7) is 8.08. The monoisotopic (exact) mass is 222 g/mol. The first-order valence-electron chi connectivity index (χ1n) is 5.68. The Hall–Kier alpha value is -1.09. The summed E-state index contributed by atoms with van der Waals surface area (Å²) >= 11 is 0. The van der Waals surface area contributed by atoms with Gasteiger partial charge in [-0.3, -0.25) is 0 Å². The van der Waals surface area contributed by atoms with Crippen LogP contribution in [0.25, 0.3) is 0 Å². The predicted octanol–water partition coefficient (Wildman–Crippen LogP) is 2.27. The zero-order valence-electron chi connectivity index (χ0n) is 10.1. The quantitative estimate of drug-likeness (QED) is 0.789. The van der Waals surface area contributed by atoms with Crippen molar-refractivity contribution in [2.75, 3.05) is 18.0 Å². The molecule has 1 fully saturated rings. The van der Waals surface area contributed by atoms with Gasteiger partial charge in [0.25, 0.3) is 0 Å². The first-order chi connectivity index (χ1) is 7.38. The van der Waals surface area contributed by atoms with Crippen LogP contribution in [0.1, 0.15) is 26.3 Å². The Bertz CT molecular complexity index is 389. The molecule has 3 heteroatoms. The van der Waals surface area contributed by atoms with Crippen molar-refractivity contribution >= 4 is 5.69 Å². The average Bonchev–Trinajstić information content (AvgIpc) is 2.10. The van der Waals surface area contributed by atoms with Crippen molar-refractivity contribution in [2.45, 2.75) is 32.2 Å². The molecule has 0 amide bonds. The lowest BCUT2D eigenvalue weighted by atomic mass is 9.84. The molecule has 0 radical (unpaired) electrons. The van der Waals surface area contributed by atoms with Crippen molar-refractivity contribution in [1.29, 1.82) is 0 Å². The summed E-state index contributed by atoms with van der Waals surface area (Å²) in [6.07, 6.45) is 0. The Morgan fingerprint density at radius 3 is 2.44 bits per heavy atom. The summed E-state index contributed by atoms with van der Waals surface area (Å²) in [5.74, 6) is -0.177. The van der Waals surface area contributed by atoms with Crippen LogP contribution in [0.2, 0.25) is 0 Å². The van der Waals surface area contributed by atoms with Crippen LogP contribution in [-0.4, -0.2) is 19.1 Å². The summed E-state index contributed by atoms with van der Waals surface area (Å²) in [5.41, 5.74) is 7.97. The van der Waals surface area contributed by atoms with Gasteiger partial charge >= 0.3 is 0 Å². The van der Waals surface area contributed by atoms with Crippen LogP contribution in [0.3, 0.4) is 0 Å². The van der Waals surface area contributed by atoms with E-state index in [2.05, 4.69) is 25.7 Å². The molecule has 0 saturated carbocycles. The fraction of sp³-hybridized carbons (Fsp3) is 0.538. The Kier molecular flexibility index (Phi) is 2.66. The fourth-order valence-corrected chi connectivity index (χ4v) is 2.11. The van der Waals surface area contributed by atoms with Crippen LogP contribution in [0, 0.1) is 5.82 Å². The Morgan fingerprint density at radius 2 is 1.94 bits per heavy atom. The van der Waals surface area contributed by atoms with Crippen molar-refractivity contribution in [3.05, 3.63) is 29.6 Å². The van der Waals surface area contributed by atoms with Gasteiger partial charge in [0, 0.05) is 24.8 Å². The van der Waals surface area contributed by atoms with E-state index < -0.39 is 0 Å². The van der Waals surface area contributed by atoms with Gasteiger partial charge < -0.3 is 10.6 Å². The molecular formula is C13H19FN2. The summed E-state index contributed by atoms with van der Waals surface area (Å²) in [7, 11) is 0. The molecule has 1 aliphatic heterocycles. The van der Waals surface area contributed by atoms with Gasteiger partial charge in [-0.1, -0.05) is 26.8 Å². The predicted molar refractivity (Wildman–Crippen MR) is 65.3 cm³/mol. The zero-order chi connectivity index (χ0) is 11.9. The van der Waals surface area contributed by atoms with Crippen LogP contribution >= 0.6 is 0 Å². The lowest BCUT2D eigenvalue weighted by Gasteiger charge is -2.41. The third-order valence-electron chi connectivity index (χ3n) is 3.02. The van der Waals surface area contributed by atoms with E-state index >= 15 is 0 Å². The highest BCUT2D eigenvalue weighted by atomic mass is 19.1. The molecule has 88 valence electrons. The van der Waals surface area contributed by atoms with Crippen molar-refractivity contribution < 1.29 is 4.39 Å². The van der Waals surface area contributed by atoms with Gasteiger partial charge in [0.2, 0.25) is 0 Å². The summed E-state index contributed by atoms with van der Waals surface area (Å²) < 4.78 is 13.3. The maximum Gasteiger partial charge on any atom is 0.125 e. The van der Waals surface area contributed by atoms with Crippen molar-refractivity contribution in [3.63, 3.8) is 0 Å². The molecule has 1 aromatic carbocycles. The molecule has 0 aliphatic carbocycles. The van der Waals surface area contributed by atoms with E-state index in [9.17, 15) is 4.39 Å². The van der Waals surface area contributed by atoms with Crippen molar-refractivity contribution in [3.8, 4) is 0 Å². The highest BCUT2D eigenvalue weighted by Crippen LogP contribution is 2.34. The normalized spacial score (nSPS) is 17.4. The maximum atomic E-state index is 13.3. The van der Waals surface area contributed by atoms with E-state index in [1.807, 2.05) is 6.07 Å². The minimum atomic E-state index is -0.177. The topological polar surface area (TPSA) is 29.3 Å². The van der Waals surface area contributed by atoms with Crippen molar-refractivity contribution in [1.82, 2.24) is 0 Å². The number of benzene rings is 1. The number of anilines is 1. The van der Waals surface area contributed by atoms with Gasteiger partial charge in [-0.25, -0.2) is 4.39 Å². The molecule has 2 rings (SSSR count). The number of hydrogen-bond donors (Lipinski definition) is 1. The van der Waals surface area contributed by atoms with Crippen LogP contribution in [0.5, 0.6) is 0 Å². The molecular weight excluding hydrogens is 203 g/mol. The second-order valence-electron chi connectivity index (χ2n) is 5.58. The van der Waals surface area contributed by atoms with E-state index in [0.29, 0.717) is 0 Å². The molecule has 0 spiro atoms. The molecule has 2 N–H and O–H groups in total. The van der Waals surface area contributed by atoms with Crippen LogP contribution in [-0.2, 0) is 5.41 Å². The lowest BCUT2D eigenvalue weighted by Crippen LogP contribution is -2.56. The molecule has 0 atom stereocenters. The molecule has 0 unspecified atom stereocenters. The SMILES string of the molecule is CC(C)(C)c1ccc(F)cc1N1CC(N)C1. The second-order valence-corrected chi connectivity index (χ2v) is 5.58. The van der Waals surface area contributed by atoms with Crippen LogP contribution in [0.15, 0.2) is 18.2 Å². The molecule has 0 aromatic heterocycles. The van der Waals surface area contributed by atoms with E-state index in [1.165, 1.54) is 11.6 Å². The third-order valence-corrected chi connectivity index (χ3v) is 3.02. The first-order valence-corrected chi connectivity index (χ1v) is 5.68. The summed E-state index contributed by atoms with van der Waals surface area (Å²) in [4.78, 5) is 2.15. The van der Waals surface area contributed by atoms with Crippen LogP contribution < -0.4 is 10.6 Å². The molecule has 2 nitrogen and oxygen atoms in total. The highest BCUT2D eigenvalue weighted by Gasteiger charge is 2.28. The molecule has 1 aliphatic rings. The van der Waals surface area contributed by atoms with Gasteiger partial charge in [-0.15, -0.1) is 0 Å². The standard InChI is InChI=1S/C13H19FN2/c1-13(2,3)11-5-4-9(14)6-12(11)16-7-10(15)8-16/h4-6,10H,7-8,15H2,1-3H3. The molecule has 1 aromatic rings. The Balaban J connectivity index is 2.37. The number of halogens is 1. The number of nitrogens with two attached hydrogens (primary N) is 1. The van der Waals surface area contributed by atoms with Gasteiger partial charge in [0.15, 0.2) is 0 Å². The Morgan fingerprint density at radius 1 is 1.31 bits per heavy atom. The van der Waals surface area contributed by atoms with Crippen molar-refractivity contribution in [2.24, 2.45) is 5.73 Å². The van der Waals surface area contributed by atoms with E-state index in [0.717, 1.165) is 18.8 Å². The molecule has 0 bridgehead atoms. The zero-order valence-corrected chi connectivity index (χ0v) is 10.1. The number of rotatable bonds is 1. The van der Waals surface area contributed by atoms with Gasteiger partial charge in [-0.2, -0.15) is 0 Å². The molecule has 1 saturated heterocycles. The smallest absolute Gasteiger partial charge is 0.125 e. The summed E-state index contributed by atoms with van der Waals surface area (Å²) in [5, 5.41) is 0. The largest absolute Gasteiger partial charge is 0.368 e. The maximum absolute atomic E-state index is 13.3. The van der Waals surface area contributed by atoms with Gasteiger partial charge in [0.1, 0.15) is 5.82 Å².